The molecule has 1 aromatic rings. The Balaban J connectivity index is 1.29. The van der Waals surface area contributed by atoms with Crippen LogP contribution in [0.2, 0.25) is 0 Å². The van der Waals surface area contributed by atoms with Gasteiger partial charge < -0.3 is 14.8 Å². The summed E-state index contributed by atoms with van der Waals surface area (Å²) in [6, 6.07) is 2.26. The van der Waals surface area contributed by atoms with Gasteiger partial charge >= 0.3 is 6.09 Å². The molecule has 4 aliphatic rings. The van der Waals surface area contributed by atoms with Crippen molar-refractivity contribution in [1.82, 2.24) is 10.3 Å². The molecule has 0 spiro atoms. The maximum absolute atomic E-state index is 12.0. The van der Waals surface area contributed by atoms with Crippen molar-refractivity contribution >= 4 is 17.4 Å². The van der Waals surface area contributed by atoms with Crippen LogP contribution in [-0.4, -0.2) is 28.3 Å². The van der Waals surface area contributed by atoms with Crippen LogP contribution in [0.15, 0.2) is 5.38 Å². The molecule has 0 unspecified atom stereocenters. The Kier molecular flexibility index (Phi) is 3.56. The van der Waals surface area contributed by atoms with E-state index in [1.165, 1.54) is 11.3 Å². The number of thiazole rings is 1. The van der Waals surface area contributed by atoms with E-state index in [1.54, 1.807) is 0 Å². The Labute approximate surface area is 151 Å². The number of aromatic nitrogens is 1. The van der Waals surface area contributed by atoms with E-state index in [0.717, 1.165) is 37.8 Å². The summed E-state index contributed by atoms with van der Waals surface area (Å²) in [6.07, 6.45) is 4.17. The molecule has 0 radical (unpaired) electrons. The minimum Gasteiger partial charge on any atom is -0.467 e. The quantitative estimate of drug-likeness (QED) is 0.887. The number of nitrogens with one attached hydrogen (secondary N) is 1. The molecule has 4 saturated carbocycles. The number of carbonyl (C=O) groups excluding carboxylic acids is 1. The van der Waals surface area contributed by atoms with E-state index in [1.807, 2.05) is 20.8 Å². The average molecular weight is 361 g/mol. The molecule has 0 atom stereocenters. The second kappa shape index (κ2) is 5.34. The summed E-state index contributed by atoms with van der Waals surface area (Å²) < 4.78 is 11.2. The summed E-state index contributed by atoms with van der Waals surface area (Å²) in [7, 11) is 0. The molecular formula is C18H23N3O3S. The molecule has 25 heavy (non-hydrogen) atoms. The smallest absolute Gasteiger partial charge is 0.408 e. The van der Waals surface area contributed by atoms with Crippen LogP contribution >= 0.6 is 11.3 Å². The fraction of sp³-hybridized carbons (Fsp3) is 0.722. The van der Waals surface area contributed by atoms with Gasteiger partial charge in [-0.3, -0.25) is 0 Å². The van der Waals surface area contributed by atoms with Crippen molar-refractivity contribution in [2.75, 3.05) is 0 Å². The number of alkyl carbamates (subject to hydrolysis) is 1. The Bertz CT molecular complexity index is 720. The van der Waals surface area contributed by atoms with Crippen LogP contribution in [0.3, 0.4) is 0 Å². The van der Waals surface area contributed by atoms with Crippen molar-refractivity contribution in [3.8, 4) is 11.3 Å². The van der Waals surface area contributed by atoms with Gasteiger partial charge in [0.05, 0.1) is 17.7 Å². The van der Waals surface area contributed by atoms with Gasteiger partial charge in [-0.2, -0.15) is 5.26 Å². The molecule has 1 amide bonds. The van der Waals surface area contributed by atoms with Crippen LogP contribution in [0.1, 0.15) is 58.6 Å². The summed E-state index contributed by atoms with van der Waals surface area (Å²) in [6.45, 7) is 5.61. The number of hydrogen-bond acceptors (Lipinski definition) is 6. The first-order chi connectivity index (χ1) is 11.7. The summed E-state index contributed by atoms with van der Waals surface area (Å²) in [5, 5.41) is 14.6. The maximum atomic E-state index is 12.0. The fourth-order valence-corrected chi connectivity index (χ4v) is 5.03. The average Bonchev–Trinajstić information content (AvgIpc) is 2.82. The molecule has 1 aromatic heterocycles. The van der Waals surface area contributed by atoms with Gasteiger partial charge in [0.25, 0.3) is 5.19 Å². The third-order valence-corrected chi connectivity index (χ3v) is 6.10. The minimum atomic E-state index is -0.474. The monoisotopic (exact) mass is 361 g/mol. The molecule has 4 aliphatic carbocycles. The first kappa shape index (κ1) is 16.6. The van der Waals surface area contributed by atoms with Crippen molar-refractivity contribution in [2.24, 2.45) is 5.92 Å². The molecule has 5 rings (SSSR count). The topological polar surface area (TPSA) is 84.2 Å². The third-order valence-electron chi connectivity index (χ3n) is 5.37. The van der Waals surface area contributed by atoms with E-state index in [2.05, 4.69) is 21.8 Å². The van der Waals surface area contributed by atoms with E-state index in [9.17, 15) is 4.79 Å². The molecule has 2 bridgehead atoms. The summed E-state index contributed by atoms with van der Waals surface area (Å²) in [5.74, 6) is 0.140. The van der Waals surface area contributed by atoms with Crippen LogP contribution in [0, 0.1) is 17.2 Å². The Morgan fingerprint density at radius 3 is 2.68 bits per heavy atom. The van der Waals surface area contributed by atoms with Gasteiger partial charge in [0.15, 0.2) is 0 Å². The first-order valence-electron chi connectivity index (χ1n) is 8.74. The van der Waals surface area contributed by atoms with Gasteiger partial charge in [0.1, 0.15) is 11.7 Å². The van der Waals surface area contributed by atoms with Crippen molar-refractivity contribution in [2.45, 2.75) is 75.5 Å². The van der Waals surface area contributed by atoms with Crippen LogP contribution in [0.4, 0.5) is 4.79 Å². The summed E-state index contributed by atoms with van der Waals surface area (Å²) in [4.78, 5) is 16.6. The van der Waals surface area contributed by atoms with Crippen molar-refractivity contribution in [3.63, 3.8) is 0 Å². The zero-order chi connectivity index (χ0) is 17.9. The summed E-state index contributed by atoms with van der Waals surface area (Å²) >= 11 is 1.53. The number of ether oxygens (including phenoxy) is 2. The number of rotatable bonds is 4. The molecule has 7 heteroatoms. The van der Waals surface area contributed by atoms with Gasteiger partial charge in [-0.1, -0.05) is 11.3 Å². The Hall–Kier alpha value is -1.81. The van der Waals surface area contributed by atoms with Crippen LogP contribution in [0.5, 0.6) is 5.19 Å². The van der Waals surface area contributed by atoms with Crippen LogP contribution in [-0.2, 0) is 10.2 Å². The molecule has 1 heterocycles. The number of hydrogen-bond donors (Lipinski definition) is 1. The highest BCUT2D eigenvalue weighted by Gasteiger charge is 2.70. The number of nitriles is 1. The Morgan fingerprint density at radius 2 is 2.08 bits per heavy atom. The van der Waals surface area contributed by atoms with Crippen molar-refractivity contribution < 1.29 is 14.3 Å². The lowest BCUT2D eigenvalue weighted by molar-refractivity contribution is -0.0908. The van der Waals surface area contributed by atoms with Gasteiger partial charge in [-0.05, 0) is 40.0 Å². The second-order valence-corrected chi connectivity index (χ2v) is 9.57. The summed E-state index contributed by atoms with van der Waals surface area (Å²) in [5.41, 5.74) is 0.595. The lowest BCUT2D eigenvalue weighted by Crippen LogP contribution is -2.77. The molecule has 0 aliphatic heterocycles. The molecule has 0 aromatic carbocycles. The maximum Gasteiger partial charge on any atom is 0.408 e. The van der Waals surface area contributed by atoms with Gasteiger partial charge in [-0.15, -0.1) is 0 Å². The lowest BCUT2D eigenvalue weighted by atomic mass is 9.38. The van der Waals surface area contributed by atoms with E-state index in [-0.39, 0.29) is 29.1 Å². The van der Waals surface area contributed by atoms with E-state index < -0.39 is 5.60 Å². The predicted molar refractivity (Wildman–Crippen MR) is 92.5 cm³/mol. The van der Waals surface area contributed by atoms with Gasteiger partial charge in [0.2, 0.25) is 0 Å². The molecule has 4 fully saturated rings. The number of nitrogens with zero attached hydrogens (tertiary/aromatic N) is 2. The molecule has 1 N–H and O–H groups in total. The first-order valence-corrected chi connectivity index (χ1v) is 9.62. The fourth-order valence-electron chi connectivity index (χ4n) is 4.18. The minimum absolute atomic E-state index is 0.0991. The van der Waals surface area contributed by atoms with Crippen molar-refractivity contribution in [3.05, 3.63) is 11.1 Å². The molecule has 0 saturated heterocycles. The Morgan fingerprint density at radius 1 is 1.40 bits per heavy atom. The SMILES string of the molecule is CC(C)(C)OC(=O)NC12CC(c3csc(OC4CC(C#N)C4)n3)(C1)C2. The predicted octanol–water partition coefficient (Wildman–Crippen LogP) is 3.52. The zero-order valence-electron chi connectivity index (χ0n) is 14.8. The van der Waals surface area contributed by atoms with Crippen LogP contribution in [0.25, 0.3) is 0 Å². The molecule has 6 nitrogen and oxygen atoms in total. The third kappa shape index (κ3) is 2.97. The van der Waals surface area contributed by atoms with E-state index in [0.29, 0.717) is 5.19 Å². The lowest BCUT2D eigenvalue weighted by Gasteiger charge is -2.69. The van der Waals surface area contributed by atoms with Crippen LogP contribution < -0.4 is 10.1 Å². The highest BCUT2D eigenvalue weighted by atomic mass is 32.1. The molecular weight excluding hydrogens is 338 g/mol. The highest BCUT2D eigenvalue weighted by molar-refractivity contribution is 7.11. The highest BCUT2D eigenvalue weighted by Crippen LogP contribution is 2.67. The van der Waals surface area contributed by atoms with E-state index >= 15 is 0 Å². The zero-order valence-corrected chi connectivity index (χ0v) is 15.6. The number of amides is 1. The van der Waals surface area contributed by atoms with Gasteiger partial charge in [0, 0.05) is 29.2 Å². The standard InChI is InChI=1S/C18H23N3O3S/c1-16(2,3)24-14(22)21-18-8-17(9-18,10-18)13-7-25-15(20-13)23-12-4-11(5-12)6-19/h7,11-12H,4-5,8-10H2,1-3H3,(H,21,22). The second-order valence-electron chi connectivity index (χ2n) is 8.75. The van der Waals surface area contributed by atoms with E-state index in [4.69, 9.17) is 14.7 Å². The normalized spacial score (nSPS) is 35.4. The van der Waals surface area contributed by atoms with Crippen molar-refractivity contribution in [1.29, 1.82) is 5.26 Å². The number of carbonyl (C=O) groups is 1. The van der Waals surface area contributed by atoms with Gasteiger partial charge in [-0.25, -0.2) is 9.78 Å². The largest absolute Gasteiger partial charge is 0.467 e. The molecule has 134 valence electrons.